The van der Waals surface area contributed by atoms with Crippen LogP contribution in [0.2, 0.25) is 0 Å². The van der Waals surface area contributed by atoms with E-state index < -0.39 is 10.0 Å². The fourth-order valence-electron chi connectivity index (χ4n) is 4.28. The third-order valence-corrected chi connectivity index (χ3v) is 8.17. The Hall–Kier alpha value is -1.09. The number of sulfonamides is 1. The van der Waals surface area contributed by atoms with Crippen LogP contribution in [0.25, 0.3) is 11.0 Å². The zero-order valence-electron chi connectivity index (χ0n) is 15.2. The zero-order chi connectivity index (χ0) is 18.1. The minimum absolute atomic E-state index is 0.298. The standard InChI is InChI=1S/C18H26N4O2S2/c1-14-4-3-9-21(12-14)13-15-7-10-22(11-8-15)26(23,24)17-6-2-5-16-18(17)20-25-19-16/h2,5-6,14-15H,3-4,7-13H2,1H3. The van der Waals surface area contributed by atoms with Gasteiger partial charge in [0.1, 0.15) is 15.9 Å². The smallest absolute Gasteiger partial charge is 0.245 e. The predicted molar refractivity (Wildman–Crippen MR) is 104 cm³/mol. The second-order valence-electron chi connectivity index (χ2n) is 7.74. The largest absolute Gasteiger partial charge is 0.303 e. The first-order valence-corrected chi connectivity index (χ1v) is 11.6. The van der Waals surface area contributed by atoms with Crippen molar-refractivity contribution in [2.75, 3.05) is 32.7 Å². The Morgan fingerprint density at radius 3 is 2.73 bits per heavy atom. The number of hydrogen-bond donors (Lipinski definition) is 0. The van der Waals surface area contributed by atoms with Crippen molar-refractivity contribution < 1.29 is 8.42 Å². The molecule has 3 heterocycles. The number of benzene rings is 1. The molecule has 0 spiro atoms. The van der Waals surface area contributed by atoms with Crippen LogP contribution in [0.15, 0.2) is 23.1 Å². The van der Waals surface area contributed by atoms with Gasteiger partial charge in [0.2, 0.25) is 10.0 Å². The molecule has 0 aliphatic carbocycles. The highest BCUT2D eigenvalue weighted by molar-refractivity contribution is 7.89. The number of piperidine rings is 2. The number of hydrogen-bond acceptors (Lipinski definition) is 6. The predicted octanol–water partition coefficient (Wildman–Crippen LogP) is 2.82. The molecule has 0 radical (unpaired) electrons. The fourth-order valence-corrected chi connectivity index (χ4v) is 6.50. The van der Waals surface area contributed by atoms with Crippen LogP contribution in [-0.2, 0) is 10.0 Å². The lowest BCUT2D eigenvalue weighted by Gasteiger charge is -2.37. The Kier molecular flexibility index (Phi) is 5.27. The lowest BCUT2D eigenvalue weighted by Crippen LogP contribution is -2.43. The lowest BCUT2D eigenvalue weighted by atomic mass is 9.94. The van der Waals surface area contributed by atoms with Gasteiger partial charge < -0.3 is 4.90 Å². The van der Waals surface area contributed by atoms with Crippen LogP contribution in [0.3, 0.4) is 0 Å². The molecular weight excluding hydrogens is 368 g/mol. The molecule has 2 aromatic rings. The Morgan fingerprint density at radius 2 is 1.96 bits per heavy atom. The molecule has 2 aliphatic heterocycles. The van der Waals surface area contributed by atoms with Crippen LogP contribution < -0.4 is 0 Å². The summed E-state index contributed by atoms with van der Waals surface area (Å²) in [5.41, 5.74) is 1.16. The highest BCUT2D eigenvalue weighted by atomic mass is 32.2. The molecule has 1 atom stereocenters. The summed E-state index contributed by atoms with van der Waals surface area (Å²) in [6.45, 7) is 7.03. The van der Waals surface area contributed by atoms with E-state index in [9.17, 15) is 8.42 Å². The number of nitrogens with zero attached hydrogens (tertiary/aromatic N) is 4. The summed E-state index contributed by atoms with van der Waals surface area (Å²) in [4.78, 5) is 2.87. The first-order valence-electron chi connectivity index (χ1n) is 9.48. The molecular formula is C18H26N4O2S2. The Morgan fingerprint density at radius 1 is 1.15 bits per heavy atom. The molecule has 0 saturated carbocycles. The molecule has 2 saturated heterocycles. The monoisotopic (exact) mass is 394 g/mol. The molecule has 6 nitrogen and oxygen atoms in total. The van der Waals surface area contributed by atoms with Crippen molar-refractivity contribution in [2.24, 2.45) is 11.8 Å². The summed E-state index contributed by atoms with van der Waals surface area (Å²) >= 11 is 1.06. The summed E-state index contributed by atoms with van der Waals surface area (Å²) in [5, 5.41) is 0. The number of rotatable bonds is 4. The SMILES string of the molecule is CC1CCCN(CC2CCN(S(=O)(=O)c3cccc4nsnc34)CC2)C1. The topological polar surface area (TPSA) is 66.4 Å². The molecule has 142 valence electrons. The quantitative estimate of drug-likeness (QED) is 0.798. The van der Waals surface area contributed by atoms with Crippen LogP contribution in [0.5, 0.6) is 0 Å². The molecule has 26 heavy (non-hydrogen) atoms. The molecule has 1 aromatic carbocycles. The van der Waals surface area contributed by atoms with Crippen LogP contribution in [0, 0.1) is 11.8 Å². The molecule has 1 aromatic heterocycles. The van der Waals surface area contributed by atoms with Crippen molar-refractivity contribution in [3.8, 4) is 0 Å². The minimum Gasteiger partial charge on any atom is -0.303 e. The molecule has 0 bridgehead atoms. The van der Waals surface area contributed by atoms with Gasteiger partial charge in [0.25, 0.3) is 0 Å². The maximum Gasteiger partial charge on any atom is 0.245 e. The minimum atomic E-state index is -3.50. The van der Waals surface area contributed by atoms with E-state index in [1.54, 1.807) is 16.4 Å². The Bertz CT molecular complexity index is 859. The number of fused-ring (bicyclic) bond motifs is 1. The van der Waals surface area contributed by atoms with Gasteiger partial charge in [-0.2, -0.15) is 13.1 Å². The normalized spacial score (nSPS) is 24.3. The zero-order valence-corrected chi connectivity index (χ0v) is 16.8. The van der Waals surface area contributed by atoms with Crippen LogP contribution in [0.1, 0.15) is 32.6 Å². The summed E-state index contributed by atoms with van der Waals surface area (Å²) in [6.07, 6.45) is 4.51. The van der Waals surface area contributed by atoms with E-state index in [1.807, 2.05) is 6.07 Å². The van der Waals surface area contributed by atoms with E-state index >= 15 is 0 Å². The fraction of sp³-hybridized carbons (Fsp3) is 0.667. The van der Waals surface area contributed by atoms with E-state index in [2.05, 4.69) is 20.6 Å². The van der Waals surface area contributed by atoms with E-state index in [4.69, 9.17) is 0 Å². The number of aromatic nitrogens is 2. The van der Waals surface area contributed by atoms with Crippen LogP contribution >= 0.6 is 11.7 Å². The van der Waals surface area contributed by atoms with Crippen molar-refractivity contribution in [2.45, 2.75) is 37.5 Å². The second-order valence-corrected chi connectivity index (χ2v) is 10.2. The van der Waals surface area contributed by atoms with Crippen LogP contribution in [-0.4, -0.2) is 59.1 Å². The second kappa shape index (κ2) is 7.50. The molecule has 0 amide bonds. The first-order chi connectivity index (χ1) is 12.5. The van der Waals surface area contributed by atoms with Gasteiger partial charge in [-0.25, -0.2) is 8.42 Å². The van der Waals surface area contributed by atoms with Gasteiger partial charge in [-0.1, -0.05) is 13.0 Å². The highest BCUT2D eigenvalue weighted by Crippen LogP contribution is 2.29. The molecule has 4 rings (SSSR count). The van der Waals surface area contributed by atoms with Crippen molar-refractivity contribution in [3.63, 3.8) is 0 Å². The summed E-state index contributed by atoms with van der Waals surface area (Å²) in [7, 11) is -3.50. The van der Waals surface area contributed by atoms with Crippen molar-refractivity contribution in [1.29, 1.82) is 0 Å². The third-order valence-electron chi connectivity index (χ3n) is 5.70. The van der Waals surface area contributed by atoms with E-state index in [-0.39, 0.29) is 0 Å². The van der Waals surface area contributed by atoms with Gasteiger partial charge in [-0.15, -0.1) is 0 Å². The molecule has 2 aliphatic rings. The average Bonchev–Trinajstić information content (AvgIpc) is 3.11. The van der Waals surface area contributed by atoms with Crippen LogP contribution in [0.4, 0.5) is 0 Å². The lowest BCUT2D eigenvalue weighted by molar-refractivity contribution is 0.136. The molecule has 1 unspecified atom stereocenters. The van der Waals surface area contributed by atoms with Crippen molar-refractivity contribution in [3.05, 3.63) is 18.2 Å². The van der Waals surface area contributed by atoms with E-state index in [0.717, 1.165) is 37.0 Å². The molecule has 2 fully saturated rings. The summed E-state index contributed by atoms with van der Waals surface area (Å²) < 4.78 is 36.2. The van der Waals surface area contributed by atoms with Gasteiger partial charge in [-0.3, -0.25) is 0 Å². The highest BCUT2D eigenvalue weighted by Gasteiger charge is 2.32. The Balaban J connectivity index is 1.42. The first kappa shape index (κ1) is 18.3. The maximum absolute atomic E-state index is 13.1. The maximum atomic E-state index is 13.1. The van der Waals surface area contributed by atoms with Gasteiger partial charge in [-0.05, 0) is 56.2 Å². The van der Waals surface area contributed by atoms with Gasteiger partial charge in [0, 0.05) is 26.2 Å². The van der Waals surface area contributed by atoms with E-state index in [1.165, 1.54) is 25.9 Å². The average molecular weight is 395 g/mol. The Labute approximate surface area is 159 Å². The number of likely N-dealkylation sites (tertiary alicyclic amines) is 1. The molecule has 0 N–H and O–H groups in total. The van der Waals surface area contributed by atoms with Crippen molar-refractivity contribution in [1.82, 2.24) is 18.0 Å². The molecule has 8 heteroatoms. The van der Waals surface area contributed by atoms with E-state index in [0.29, 0.717) is 34.9 Å². The third kappa shape index (κ3) is 3.65. The van der Waals surface area contributed by atoms with Crippen molar-refractivity contribution >= 4 is 32.8 Å². The summed E-state index contributed by atoms with van der Waals surface area (Å²) in [5.74, 6) is 1.39. The summed E-state index contributed by atoms with van der Waals surface area (Å²) in [6, 6.07) is 5.21. The van der Waals surface area contributed by atoms with Gasteiger partial charge in [0.15, 0.2) is 0 Å². The van der Waals surface area contributed by atoms with Gasteiger partial charge >= 0.3 is 0 Å². The van der Waals surface area contributed by atoms with Gasteiger partial charge in [0.05, 0.1) is 11.7 Å².